The lowest BCUT2D eigenvalue weighted by Crippen LogP contribution is -2.45. The average Bonchev–Trinajstić information content (AvgIpc) is 2.87. The third kappa shape index (κ3) is 2.24. The van der Waals surface area contributed by atoms with Crippen LogP contribution in [0.2, 0.25) is 0 Å². The first-order valence-corrected chi connectivity index (χ1v) is 7.28. The third-order valence-electron chi connectivity index (χ3n) is 4.27. The summed E-state index contributed by atoms with van der Waals surface area (Å²) in [5.41, 5.74) is 2.82. The van der Waals surface area contributed by atoms with Crippen molar-refractivity contribution in [2.45, 2.75) is 44.6 Å². The normalized spacial score (nSPS) is 23.2. The molecule has 1 aromatic rings. The van der Waals surface area contributed by atoms with Gasteiger partial charge in [0.2, 0.25) is 0 Å². The molecule has 2 heterocycles. The summed E-state index contributed by atoms with van der Waals surface area (Å²) in [6, 6.07) is 5.16. The number of hydrogen-bond acceptors (Lipinski definition) is 3. The van der Waals surface area contributed by atoms with Crippen LogP contribution in [0.1, 0.15) is 36.9 Å². The first kappa shape index (κ1) is 12.0. The highest BCUT2D eigenvalue weighted by molar-refractivity contribution is 5.44. The maximum absolute atomic E-state index is 4.91. The van der Waals surface area contributed by atoms with E-state index in [0.29, 0.717) is 6.04 Å². The summed E-state index contributed by atoms with van der Waals surface area (Å²) in [6.45, 7) is 2.23. The molecule has 1 fully saturated rings. The Bertz CT molecular complexity index is 414. The monoisotopic (exact) mass is 245 g/mol. The molecule has 2 aliphatic rings. The highest BCUT2D eigenvalue weighted by atomic mass is 15.2. The highest BCUT2D eigenvalue weighted by Gasteiger charge is 2.24. The minimum atomic E-state index is 0.621. The number of rotatable bonds is 3. The Morgan fingerprint density at radius 2 is 2.22 bits per heavy atom. The van der Waals surface area contributed by atoms with E-state index >= 15 is 0 Å². The van der Waals surface area contributed by atoms with Crippen LogP contribution in [0, 0.1) is 0 Å². The molecule has 0 aromatic carbocycles. The Labute approximate surface area is 110 Å². The molecule has 1 aromatic heterocycles. The van der Waals surface area contributed by atoms with E-state index in [1.807, 2.05) is 7.05 Å². The Hall–Kier alpha value is -1.09. The van der Waals surface area contributed by atoms with Crippen LogP contribution in [0.3, 0.4) is 0 Å². The molecule has 18 heavy (non-hydrogen) atoms. The topological polar surface area (TPSA) is 28.2 Å². The number of piperidine rings is 1. The SMILES string of the molecule is CNCC1CCCCN1c1ccc2c(n1)CCC2. The fourth-order valence-corrected chi connectivity index (χ4v) is 3.32. The van der Waals surface area contributed by atoms with Crippen LogP contribution in [0.4, 0.5) is 5.82 Å². The number of likely N-dealkylation sites (N-methyl/N-ethyl adjacent to an activating group) is 1. The van der Waals surface area contributed by atoms with Gasteiger partial charge >= 0.3 is 0 Å². The molecule has 0 spiro atoms. The average molecular weight is 245 g/mol. The summed E-state index contributed by atoms with van der Waals surface area (Å²) >= 11 is 0. The summed E-state index contributed by atoms with van der Waals surface area (Å²) in [4.78, 5) is 7.42. The second-order valence-electron chi connectivity index (χ2n) is 5.53. The van der Waals surface area contributed by atoms with E-state index in [-0.39, 0.29) is 0 Å². The summed E-state index contributed by atoms with van der Waals surface area (Å²) < 4.78 is 0. The van der Waals surface area contributed by atoms with Gasteiger partial charge in [0.25, 0.3) is 0 Å². The van der Waals surface area contributed by atoms with Crippen LogP contribution >= 0.6 is 0 Å². The molecule has 3 heteroatoms. The second-order valence-corrected chi connectivity index (χ2v) is 5.53. The lowest BCUT2D eigenvalue weighted by molar-refractivity contribution is 0.443. The predicted octanol–water partition coefficient (Wildman–Crippen LogP) is 2.15. The van der Waals surface area contributed by atoms with Crippen molar-refractivity contribution in [3.8, 4) is 0 Å². The number of nitrogens with one attached hydrogen (secondary N) is 1. The standard InChI is InChI=1S/C15H23N3/c1-16-11-13-6-2-3-10-18(13)15-9-8-12-5-4-7-14(12)17-15/h8-9,13,16H,2-7,10-11H2,1H3. The smallest absolute Gasteiger partial charge is 0.129 e. The fraction of sp³-hybridized carbons (Fsp3) is 0.667. The van der Waals surface area contributed by atoms with Crippen LogP contribution in [-0.4, -0.2) is 31.2 Å². The largest absolute Gasteiger partial charge is 0.352 e. The minimum absolute atomic E-state index is 0.621. The number of nitrogens with zero attached hydrogens (tertiary/aromatic N) is 2. The van der Waals surface area contributed by atoms with Crippen LogP contribution in [0.15, 0.2) is 12.1 Å². The van der Waals surface area contributed by atoms with Gasteiger partial charge < -0.3 is 10.2 Å². The Kier molecular flexibility index (Phi) is 3.50. The molecule has 0 saturated carbocycles. The van der Waals surface area contributed by atoms with Crippen molar-refractivity contribution in [2.24, 2.45) is 0 Å². The molecule has 3 rings (SSSR count). The molecule has 1 N–H and O–H groups in total. The summed E-state index contributed by atoms with van der Waals surface area (Å²) in [5.74, 6) is 1.20. The minimum Gasteiger partial charge on any atom is -0.352 e. The Morgan fingerprint density at radius 3 is 3.11 bits per heavy atom. The van der Waals surface area contributed by atoms with Gasteiger partial charge in [-0.1, -0.05) is 6.07 Å². The quantitative estimate of drug-likeness (QED) is 0.884. The van der Waals surface area contributed by atoms with Gasteiger partial charge in [0.1, 0.15) is 5.82 Å². The van der Waals surface area contributed by atoms with Crippen LogP contribution in [0.25, 0.3) is 0 Å². The van der Waals surface area contributed by atoms with E-state index in [0.717, 1.165) is 13.1 Å². The Balaban J connectivity index is 1.83. The lowest BCUT2D eigenvalue weighted by Gasteiger charge is -2.36. The van der Waals surface area contributed by atoms with E-state index in [4.69, 9.17) is 4.98 Å². The van der Waals surface area contributed by atoms with Gasteiger partial charge in [-0.3, -0.25) is 0 Å². The fourth-order valence-electron chi connectivity index (χ4n) is 3.32. The molecule has 1 aliphatic carbocycles. The van der Waals surface area contributed by atoms with Crippen LogP contribution in [-0.2, 0) is 12.8 Å². The maximum atomic E-state index is 4.91. The first-order chi connectivity index (χ1) is 8.88. The van der Waals surface area contributed by atoms with Crippen LogP contribution < -0.4 is 10.2 Å². The first-order valence-electron chi connectivity index (χ1n) is 7.28. The van der Waals surface area contributed by atoms with E-state index in [1.165, 1.54) is 55.6 Å². The van der Waals surface area contributed by atoms with Gasteiger partial charge in [-0.05, 0) is 57.2 Å². The summed E-state index contributed by atoms with van der Waals surface area (Å²) in [5, 5.41) is 3.32. The number of hydrogen-bond donors (Lipinski definition) is 1. The van der Waals surface area contributed by atoms with Gasteiger partial charge in [-0.25, -0.2) is 4.98 Å². The molecular formula is C15H23N3. The van der Waals surface area contributed by atoms with Crippen molar-refractivity contribution in [3.05, 3.63) is 23.4 Å². The van der Waals surface area contributed by atoms with E-state index in [2.05, 4.69) is 22.3 Å². The lowest BCUT2D eigenvalue weighted by atomic mass is 10.0. The number of fused-ring (bicyclic) bond motifs is 1. The number of pyridine rings is 1. The van der Waals surface area contributed by atoms with Crippen molar-refractivity contribution in [2.75, 3.05) is 25.0 Å². The zero-order chi connectivity index (χ0) is 12.4. The van der Waals surface area contributed by atoms with Gasteiger partial charge in [-0.15, -0.1) is 0 Å². The second kappa shape index (κ2) is 5.27. The molecule has 98 valence electrons. The zero-order valence-corrected chi connectivity index (χ0v) is 11.3. The molecule has 1 aliphatic heterocycles. The Morgan fingerprint density at radius 1 is 1.28 bits per heavy atom. The third-order valence-corrected chi connectivity index (χ3v) is 4.27. The molecular weight excluding hydrogens is 222 g/mol. The molecule has 0 radical (unpaired) electrons. The number of aryl methyl sites for hydroxylation is 2. The number of anilines is 1. The number of aromatic nitrogens is 1. The van der Waals surface area contributed by atoms with E-state index in [1.54, 1.807) is 0 Å². The van der Waals surface area contributed by atoms with Crippen molar-refractivity contribution < 1.29 is 0 Å². The van der Waals surface area contributed by atoms with Crippen molar-refractivity contribution in [1.29, 1.82) is 0 Å². The van der Waals surface area contributed by atoms with Crippen molar-refractivity contribution >= 4 is 5.82 Å². The van der Waals surface area contributed by atoms with E-state index < -0.39 is 0 Å². The molecule has 0 bridgehead atoms. The molecule has 1 atom stereocenters. The highest BCUT2D eigenvalue weighted by Crippen LogP contribution is 2.27. The zero-order valence-electron chi connectivity index (χ0n) is 11.3. The molecule has 1 unspecified atom stereocenters. The predicted molar refractivity (Wildman–Crippen MR) is 75.2 cm³/mol. The van der Waals surface area contributed by atoms with Crippen molar-refractivity contribution in [3.63, 3.8) is 0 Å². The summed E-state index contributed by atoms with van der Waals surface area (Å²) in [7, 11) is 2.04. The molecule has 1 saturated heterocycles. The van der Waals surface area contributed by atoms with E-state index in [9.17, 15) is 0 Å². The van der Waals surface area contributed by atoms with Gasteiger partial charge in [-0.2, -0.15) is 0 Å². The maximum Gasteiger partial charge on any atom is 0.129 e. The van der Waals surface area contributed by atoms with Gasteiger partial charge in [0, 0.05) is 24.8 Å². The summed E-state index contributed by atoms with van der Waals surface area (Å²) in [6.07, 6.45) is 7.63. The molecule has 0 amide bonds. The van der Waals surface area contributed by atoms with Crippen molar-refractivity contribution in [1.82, 2.24) is 10.3 Å². The van der Waals surface area contributed by atoms with Gasteiger partial charge in [0.05, 0.1) is 0 Å². The molecule has 3 nitrogen and oxygen atoms in total. The van der Waals surface area contributed by atoms with Gasteiger partial charge in [0.15, 0.2) is 0 Å². The van der Waals surface area contributed by atoms with Crippen LogP contribution in [0.5, 0.6) is 0 Å².